The Balaban J connectivity index is 1.53. The van der Waals surface area contributed by atoms with Crippen LogP contribution in [0.1, 0.15) is 57.7 Å². The summed E-state index contributed by atoms with van der Waals surface area (Å²) < 4.78 is 28.3. The average Bonchev–Trinajstić information content (AvgIpc) is 3.13. The van der Waals surface area contributed by atoms with Crippen LogP contribution in [0.2, 0.25) is 0 Å². The lowest BCUT2D eigenvalue weighted by atomic mass is 9.78. The van der Waals surface area contributed by atoms with Gasteiger partial charge in [-0.3, -0.25) is 4.79 Å². The van der Waals surface area contributed by atoms with Crippen molar-refractivity contribution < 1.29 is 13.2 Å². The van der Waals surface area contributed by atoms with Gasteiger partial charge in [-0.25, -0.2) is 17.7 Å². The fourth-order valence-corrected chi connectivity index (χ4v) is 6.29. The second-order valence-corrected chi connectivity index (χ2v) is 11.2. The molecule has 2 aliphatic rings. The zero-order valence-corrected chi connectivity index (χ0v) is 19.7. The lowest BCUT2D eigenvalue weighted by molar-refractivity contribution is -0.137. The van der Waals surface area contributed by atoms with E-state index < -0.39 is 10.0 Å². The first-order valence-corrected chi connectivity index (χ1v) is 13.0. The Labute approximate surface area is 185 Å². The van der Waals surface area contributed by atoms with Crippen molar-refractivity contribution in [2.24, 2.45) is 5.92 Å². The largest absolute Gasteiger partial charge is 0.339 e. The Hall–Kier alpha value is -1.93. The van der Waals surface area contributed by atoms with Gasteiger partial charge >= 0.3 is 0 Å². The number of rotatable bonds is 6. The van der Waals surface area contributed by atoms with Gasteiger partial charge in [0.15, 0.2) is 0 Å². The van der Waals surface area contributed by atoms with Crippen molar-refractivity contribution in [2.45, 2.75) is 75.8 Å². The summed E-state index contributed by atoms with van der Waals surface area (Å²) in [4.78, 5) is 20.2. The van der Waals surface area contributed by atoms with Crippen LogP contribution < -0.4 is 0 Å². The lowest BCUT2D eigenvalue weighted by Crippen LogP contribution is -2.49. The number of piperidine rings is 1. The average molecular weight is 447 g/mol. The number of aryl methyl sites for hydroxylation is 2. The predicted molar refractivity (Wildman–Crippen MR) is 121 cm³/mol. The number of aromatic nitrogens is 2. The minimum atomic E-state index is -3.51. The Morgan fingerprint density at radius 3 is 2.65 bits per heavy atom. The van der Waals surface area contributed by atoms with Gasteiger partial charge in [-0.05, 0) is 56.7 Å². The molecular formula is C23H34N4O3S. The molecular weight excluding hydrogens is 412 g/mol. The number of benzene rings is 1. The van der Waals surface area contributed by atoms with Gasteiger partial charge < -0.3 is 9.47 Å². The molecule has 2 aromatic rings. The summed E-state index contributed by atoms with van der Waals surface area (Å²) in [7, 11) is -0.454. The summed E-state index contributed by atoms with van der Waals surface area (Å²) in [6, 6.07) is 5.53. The third-order valence-corrected chi connectivity index (χ3v) is 8.83. The molecule has 4 rings (SSSR count). The van der Waals surface area contributed by atoms with Gasteiger partial charge in [0.25, 0.3) is 0 Å². The molecule has 7 nitrogen and oxygen atoms in total. The van der Waals surface area contributed by atoms with Gasteiger partial charge in [-0.1, -0.05) is 12.8 Å². The summed E-state index contributed by atoms with van der Waals surface area (Å²) >= 11 is 0. The fraction of sp³-hybridized carbons (Fsp3) is 0.652. The van der Waals surface area contributed by atoms with Crippen molar-refractivity contribution in [3.8, 4) is 0 Å². The Bertz CT molecular complexity index is 1060. The molecule has 0 N–H and O–H groups in total. The number of nitrogens with zero attached hydrogens (tertiary/aromatic N) is 4. The van der Waals surface area contributed by atoms with Crippen LogP contribution in [0.3, 0.4) is 0 Å². The summed E-state index contributed by atoms with van der Waals surface area (Å²) in [5.74, 6) is 1.77. The number of sulfonamides is 1. The van der Waals surface area contributed by atoms with Crippen LogP contribution in [0, 0.1) is 5.92 Å². The van der Waals surface area contributed by atoms with E-state index in [1.54, 1.807) is 12.1 Å². The van der Waals surface area contributed by atoms with E-state index in [9.17, 15) is 13.2 Å². The second-order valence-electron chi connectivity index (χ2n) is 9.05. The maximum atomic E-state index is 13.1. The number of carbonyl (C=O) groups is 1. The Morgan fingerprint density at radius 2 is 1.90 bits per heavy atom. The summed E-state index contributed by atoms with van der Waals surface area (Å²) in [6.45, 7) is 3.67. The van der Waals surface area contributed by atoms with Gasteiger partial charge in [-0.15, -0.1) is 0 Å². The highest BCUT2D eigenvalue weighted by molar-refractivity contribution is 7.89. The van der Waals surface area contributed by atoms with Gasteiger partial charge in [0.1, 0.15) is 5.82 Å². The van der Waals surface area contributed by atoms with Crippen LogP contribution in [0.4, 0.5) is 0 Å². The SMILES string of the molecule is CCn1c(CCC(=O)N2CCCC3CCCCC32)nc2cc(S(=O)(=O)N(C)C)ccc21. The summed E-state index contributed by atoms with van der Waals surface area (Å²) in [5.41, 5.74) is 1.57. The van der Waals surface area contributed by atoms with Crippen molar-refractivity contribution in [1.82, 2.24) is 18.8 Å². The topological polar surface area (TPSA) is 75.5 Å². The molecule has 1 aliphatic carbocycles. The molecule has 1 saturated carbocycles. The molecule has 1 aliphatic heterocycles. The third-order valence-electron chi connectivity index (χ3n) is 7.02. The van der Waals surface area contributed by atoms with E-state index in [1.165, 1.54) is 44.1 Å². The number of hydrogen-bond acceptors (Lipinski definition) is 4. The van der Waals surface area contributed by atoms with E-state index >= 15 is 0 Å². The highest BCUT2D eigenvalue weighted by Crippen LogP contribution is 2.35. The maximum absolute atomic E-state index is 13.1. The second kappa shape index (κ2) is 8.90. The van der Waals surface area contributed by atoms with E-state index in [-0.39, 0.29) is 10.8 Å². The minimum Gasteiger partial charge on any atom is -0.339 e. The number of hydrogen-bond donors (Lipinski definition) is 0. The molecule has 170 valence electrons. The molecule has 2 fully saturated rings. The zero-order chi connectivity index (χ0) is 22.2. The molecule has 1 aromatic heterocycles. The summed E-state index contributed by atoms with van der Waals surface area (Å²) in [6.07, 6.45) is 8.34. The summed E-state index contributed by atoms with van der Waals surface area (Å²) in [5, 5.41) is 0. The monoisotopic (exact) mass is 446 g/mol. The minimum absolute atomic E-state index is 0.238. The van der Waals surface area contributed by atoms with Crippen molar-refractivity contribution in [1.29, 1.82) is 0 Å². The molecule has 0 radical (unpaired) electrons. The first-order valence-electron chi connectivity index (χ1n) is 11.5. The van der Waals surface area contributed by atoms with E-state index in [0.717, 1.165) is 37.3 Å². The van der Waals surface area contributed by atoms with E-state index in [4.69, 9.17) is 4.98 Å². The van der Waals surface area contributed by atoms with Crippen LogP contribution in [-0.2, 0) is 27.8 Å². The maximum Gasteiger partial charge on any atom is 0.242 e. The van der Waals surface area contributed by atoms with Crippen molar-refractivity contribution in [3.63, 3.8) is 0 Å². The zero-order valence-electron chi connectivity index (χ0n) is 18.9. The molecule has 2 atom stereocenters. The van der Waals surface area contributed by atoms with Crippen LogP contribution in [0.15, 0.2) is 23.1 Å². The van der Waals surface area contributed by atoms with Crippen molar-refractivity contribution >= 4 is 27.0 Å². The lowest BCUT2D eigenvalue weighted by Gasteiger charge is -2.44. The fourth-order valence-electron chi connectivity index (χ4n) is 5.37. The van der Waals surface area contributed by atoms with Crippen molar-refractivity contribution in [3.05, 3.63) is 24.0 Å². The number of likely N-dealkylation sites (tertiary alicyclic amines) is 1. The Morgan fingerprint density at radius 1 is 1.16 bits per heavy atom. The quantitative estimate of drug-likeness (QED) is 0.681. The number of fused-ring (bicyclic) bond motifs is 2. The van der Waals surface area contributed by atoms with Crippen molar-refractivity contribution in [2.75, 3.05) is 20.6 Å². The van der Waals surface area contributed by atoms with Crippen LogP contribution in [0.5, 0.6) is 0 Å². The molecule has 0 spiro atoms. The van der Waals surface area contributed by atoms with Crippen LogP contribution >= 0.6 is 0 Å². The predicted octanol–water partition coefficient (Wildman–Crippen LogP) is 3.42. The van der Waals surface area contributed by atoms with E-state index in [0.29, 0.717) is 30.3 Å². The molecule has 0 bridgehead atoms. The number of carbonyl (C=O) groups excluding carboxylic acids is 1. The highest BCUT2D eigenvalue weighted by atomic mass is 32.2. The molecule has 1 saturated heterocycles. The Kier molecular flexibility index (Phi) is 6.40. The molecule has 8 heteroatoms. The van der Waals surface area contributed by atoms with Gasteiger partial charge in [0.05, 0.1) is 15.9 Å². The van der Waals surface area contributed by atoms with Gasteiger partial charge in [0.2, 0.25) is 15.9 Å². The molecule has 1 amide bonds. The smallest absolute Gasteiger partial charge is 0.242 e. The van der Waals surface area contributed by atoms with Crippen LogP contribution in [0.25, 0.3) is 11.0 Å². The number of imidazole rings is 1. The van der Waals surface area contributed by atoms with Crippen LogP contribution in [-0.4, -0.2) is 59.8 Å². The number of amides is 1. The van der Waals surface area contributed by atoms with E-state index in [2.05, 4.69) is 9.47 Å². The van der Waals surface area contributed by atoms with Gasteiger partial charge in [-0.2, -0.15) is 0 Å². The van der Waals surface area contributed by atoms with E-state index in [1.807, 2.05) is 13.0 Å². The standard InChI is InChI=1S/C23H34N4O3S/c1-4-26-21-12-11-18(31(29,30)25(2)3)16-19(21)24-22(26)13-14-23(28)27-15-7-9-17-8-5-6-10-20(17)27/h11-12,16-17,20H,4-10,13-15H2,1-3H3. The normalized spacial score (nSPS) is 22.1. The molecule has 1 aromatic carbocycles. The first kappa shape index (κ1) is 22.3. The highest BCUT2D eigenvalue weighted by Gasteiger charge is 2.35. The third kappa shape index (κ3) is 4.24. The van der Waals surface area contributed by atoms with Gasteiger partial charge in [0, 0.05) is 46.1 Å². The molecule has 2 heterocycles. The molecule has 2 unspecified atom stereocenters. The first-order chi connectivity index (χ1) is 14.8. The molecule has 31 heavy (non-hydrogen) atoms.